The molecule has 10 heteroatoms. The molecule has 0 saturated carbocycles. The van der Waals surface area contributed by atoms with Gasteiger partial charge in [-0.1, -0.05) is 0 Å². The second-order valence-corrected chi connectivity index (χ2v) is 7.51. The largest absolute Gasteiger partial charge is 0.458 e. The third kappa shape index (κ3) is 5.10. The molecule has 2 heterocycles. The third-order valence-corrected chi connectivity index (χ3v) is 4.79. The number of rotatable bonds is 5. The molecule has 23 heavy (non-hydrogen) atoms. The number of nitrogens with zero attached hydrogens (tertiary/aromatic N) is 4. The van der Waals surface area contributed by atoms with E-state index in [0.29, 0.717) is 19.5 Å². The molecule has 1 saturated heterocycles. The summed E-state index contributed by atoms with van der Waals surface area (Å²) in [5.41, 5.74) is 0. The van der Waals surface area contributed by atoms with Gasteiger partial charge in [-0.3, -0.25) is 4.79 Å². The van der Waals surface area contributed by atoms with Crippen LogP contribution >= 0.6 is 0 Å². The second-order valence-electron chi connectivity index (χ2n) is 5.42. The van der Waals surface area contributed by atoms with Crippen LogP contribution in [0, 0.1) is 5.82 Å². The lowest BCUT2D eigenvalue weighted by atomic mass is 10.1. The smallest absolute Gasteiger partial charge is 0.316 e. The minimum absolute atomic E-state index is 0.0546. The van der Waals surface area contributed by atoms with Gasteiger partial charge in [0.15, 0.2) is 5.82 Å². The summed E-state index contributed by atoms with van der Waals surface area (Å²) >= 11 is 0. The van der Waals surface area contributed by atoms with Crippen molar-refractivity contribution in [3.63, 3.8) is 0 Å². The van der Waals surface area contributed by atoms with E-state index in [9.17, 15) is 17.6 Å². The number of hydrogen-bond acceptors (Lipinski definition) is 6. The number of carbonyl (C=O) groups excluding carboxylic acids is 1. The third-order valence-electron chi connectivity index (χ3n) is 3.52. The van der Waals surface area contributed by atoms with Crippen LogP contribution in [0.2, 0.25) is 0 Å². The molecule has 1 atom stereocenters. The van der Waals surface area contributed by atoms with Crippen molar-refractivity contribution in [1.29, 1.82) is 0 Å². The molecular weight excluding hydrogens is 327 g/mol. The van der Waals surface area contributed by atoms with Gasteiger partial charge in [-0.15, -0.1) is 0 Å². The molecule has 1 aromatic heterocycles. The fraction of sp³-hybridized carbons (Fsp3) is 0.615. The maximum Gasteiger partial charge on any atom is 0.316 e. The monoisotopic (exact) mass is 346 g/mol. The number of likely N-dealkylation sites (N-methyl/N-ethyl adjacent to an activating group) is 1. The molecule has 0 radical (unpaired) electrons. The molecule has 1 aliphatic rings. The van der Waals surface area contributed by atoms with Crippen molar-refractivity contribution in [3.8, 4) is 6.01 Å². The zero-order valence-corrected chi connectivity index (χ0v) is 13.8. The lowest BCUT2D eigenvalue weighted by Crippen LogP contribution is -2.48. The van der Waals surface area contributed by atoms with Crippen molar-refractivity contribution in [2.24, 2.45) is 0 Å². The minimum atomic E-state index is -3.40. The van der Waals surface area contributed by atoms with Crippen LogP contribution in [0.3, 0.4) is 0 Å². The van der Waals surface area contributed by atoms with Crippen LogP contribution in [0.15, 0.2) is 12.4 Å². The van der Waals surface area contributed by atoms with Gasteiger partial charge >= 0.3 is 6.01 Å². The van der Waals surface area contributed by atoms with E-state index in [1.54, 1.807) is 4.90 Å². The van der Waals surface area contributed by atoms with Gasteiger partial charge in [-0.05, 0) is 12.8 Å². The van der Waals surface area contributed by atoms with Crippen LogP contribution in [-0.2, 0) is 14.8 Å². The molecule has 2 rings (SSSR count). The van der Waals surface area contributed by atoms with Crippen molar-refractivity contribution in [2.45, 2.75) is 18.9 Å². The first-order chi connectivity index (χ1) is 10.8. The Hall–Kier alpha value is -1.81. The quantitative estimate of drug-likeness (QED) is 0.738. The van der Waals surface area contributed by atoms with Crippen LogP contribution in [0.5, 0.6) is 6.01 Å². The number of piperidine rings is 1. The summed E-state index contributed by atoms with van der Waals surface area (Å²) in [5.74, 6) is -0.840. The first kappa shape index (κ1) is 17.5. The number of amides is 1. The highest BCUT2D eigenvalue weighted by molar-refractivity contribution is 7.88. The summed E-state index contributed by atoms with van der Waals surface area (Å²) < 4.78 is 42.0. The number of carbonyl (C=O) groups is 1. The highest BCUT2D eigenvalue weighted by atomic mass is 32.2. The number of likely N-dealkylation sites (tertiary alicyclic amines) is 1. The Morgan fingerprint density at radius 1 is 1.48 bits per heavy atom. The van der Waals surface area contributed by atoms with E-state index < -0.39 is 15.8 Å². The van der Waals surface area contributed by atoms with Gasteiger partial charge in [0.1, 0.15) is 6.10 Å². The summed E-state index contributed by atoms with van der Waals surface area (Å²) in [4.78, 5) is 21.2. The Kier molecular flexibility index (Phi) is 5.47. The van der Waals surface area contributed by atoms with Crippen LogP contribution in [0.1, 0.15) is 12.8 Å². The van der Waals surface area contributed by atoms with Crippen LogP contribution in [-0.4, -0.2) is 72.5 Å². The standard InChI is InChI=1S/C13H19FN4O4S/c1-17(23(2,20)21)9-12(19)18-5-3-4-11(8-18)22-13-15-6-10(14)7-16-13/h6-7,11H,3-5,8-9H2,1-2H3. The van der Waals surface area contributed by atoms with Gasteiger partial charge in [0, 0.05) is 13.6 Å². The van der Waals surface area contributed by atoms with Gasteiger partial charge < -0.3 is 9.64 Å². The number of ether oxygens (including phenoxy) is 1. The Bertz CT molecular complexity index is 652. The molecular formula is C13H19FN4O4S. The Labute approximate surface area is 134 Å². The summed E-state index contributed by atoms with van der Waals surface area (Å²) in [5, 5.41) is 0. The molecule has 0 N–H and O–H groups in total. The predicted molar refractivity (Wildman–Crippen MR) is 79.7 cm³/mol. The van der Waals surface area contributed by atoms with Crippen molar-refractivity contribution in [2.75, 3.05) is 32.9 Å². The first-order valence-corrected chi connectivity index (χ1v) is 8.94. The SMILES string of the molecule is CN(CC(=O)N1CCCC(Oc2ncc(F)cn2)C1)S(C)(=O)=O. The normalized spacial score (nSPS) is 19.0. The second kappa shape index (κ2) is 7.18. The van der Waals surface area contributed by atoms with Gasteiger partial charge in [0.25, 0.3) is 0 Å². The molecule has 1 amide bonds. The van der Waals surface area contributed by atoms with E-state index >= 15 is 0 Å². The number of aromatic nitrogens is 2. The lowest BCUT2D eigenvalue weighted by molar-refractivity contribution is -0.133. The molecule has 1 aromatic rings. The van der Waals surface area contributed by atoms with Crippen molar-refractivity contribution in [1.82, 2.24) is 19.2 Å². The van der Waals surface area contributed by atoms with E-state index in [1.165, 1.54) is 7.05 Å². The van der Waals surface area contributed by atoms with E-state index in [-0.39, 0.29) is 24.6 Å². The van der Waals surface area contributed by atoms with Crippen LogP contribution in [0.4, 0.5) is 4.39 Å². The molecule has 0 aromatic carbocycles. The zero-order chi connectivity index (χ0) is 17.0. The molecule has 0 spiro atoms. The molecule has 0 aliphatic carbocycles. The van der Waals surface area contributed by atoms with Crippen molar-refractivity contribution >= 4 is 15.9 Å². The lowest BCUT2D eigenvalue weighted by Gasteiger charge is -2.33. The topological polar surface area (TPSA) is 92.7 Å². The van der Waals surface area contributed by atoms with Crippen LogP contribution < -0.4 is 4.74 Å². The molecule has 1 fully saturated rings. The van der Waals surface area contributed by atoms with E-state index in [1.807, 2.05) is 0 Å². The average Bonchev–Trinajstić information content (AvgIpc) is 2.49. The van der Waals surface area contributed by atoms with Gasteiger partial charge in [0.2, 0.25) is 15.9 Å². The molecule has 1 aliphatic heterocycles. The van der Waals surface area contributed by atoms with Gasteiger partial charge in [-0.2, -0.15) is 4.31 Å². The number of halogens is 1. The summed E-state index contributed by atoms with van der Waals surface area (Å²) in [6.45, 7) is 0.649. The van der Waals surface area contributed by atoms with Crippen molar-refractivity contribution < 1.29 is 22.3 Å². The van der Waals surface area contributed by atoms with Gasteiger partial charge in [-0.25, -0.2) is 22.8 Å². The van der Waals surface area contributed by atoms with Gasteiger partial charge in [0.05, 0.1) is 31.7 Å². The fourth-order valence-corrected chi connectivity index (χ4v) is 2.52. The van der Waals surface area contributed by atoms with Crippen molar-refractivity contribution in [3.05, 3.63) is 18.2 Å². The fourth-order valence-electron chi connectivity index (χ4n) is 2.18. The predicted octanol–water partition coefficient (Wildman–Crippen LogP) is -0.123. The van der Waals surface area contributed by atoms with E-state index in [2.05, 4.69) is 9.97 Å². The highest BCUT2D eigenvalue weighted by Gasteiger charge is 2.27. The Morgan fingerprint density at radius 3 is 2.74 bits per heavy atom. The number of hydrogen-bond donors (Lipinski definition) is 0. The molecule has 1 unspecified atom stereocenters. The van der Waals surface area contributed by atoms with E-state index in [0.717, 1.165) is 29.4 Å². The average molecular weight is 346 g/mol. The molecule has 8 nitrogen and oxygen atoms in total. The van der Waals surface area contributed by atoms with Crippen LogP contribution in [0.25, 0.3) is 0 Å². The molecule has 128 valence electrons. The maximum absolute atomic E-state index is 12.8. The molecule has 0 bridgehead atoms. The Morgan fingerprint density at radius 2 is 2.13 bits per heavy atom. The van der Waals surface area contributed by atoms with E-state index in [4.69, 9.17) is 4.74 Å². The summed E-state index contributed by atoms with van der Waals surface area (Å²) in [6.07, 6.45) is 4.20. The first-order valence-electron chi connectivity index (χ1n) is 7.09. The summed E-state index contributed by atoms with van der Waals surface area (Å²) in [6, 6.07) is 0.0546. The maximum atomic E-state index is 12.8. The number of sulfonamides is 1. The summed E-state index contributed by atoms with van der Waals surface area (Å²) in [7, 11) is -2.04. The highest BCUT2D eigenvalue weighted by Crippen LogP contribution is 2.15. The minimum Gasteiger partial charge on any atom is -0.458 e. The zero-order valence-electron chi connectivity index (χ0n) is 13.0. The Balaban J connectivity index is 1.92.